The van der Waals surface area contributed by atoms with Gasteiger partial charge >= 0.3 is 0 Å². The molecule has 0 atom stereocenters. The van der Waals surface area contributed by atoms with Crippen molar-refractivity contribution >= 4 is 0 Å². The van der Waals surface area contributed by atoms with Crippen LogP contribution >= 0.6 is 0 Å². The third-order valence-electron chi connectivity index (χ3n) is 2.78. The van der Waals surface area contributed by atoms with Crippen LogP contribution in [0.4, 0.5) is 4.39 Å². The zero-order valence-electron chi connectivity index (χ0n) is 9.91. The summed E-state index contributed by atoms with van der Waals surface area (Å²) in [6.07, 6.45) is 0.913. The molecule has 0 aromatic heterocycles. The topological polar surface area (TPSA) is 12.0 Å². The summed E-state index contributed by atoms with van der Waals surface area (Å²) in [5.74, 6) is -0.163. The van der Waals surface area contributed by atoms with E-state index in [1.54, 1.807) is 6.07 Å². The van der Waals surface area contributed by atoms with Gasteiger partial charge in [0.15, 0.2) is 0 Å². The molecule has 0 saturated carbocycles. The van der Waals surface area contributed by atoms with Gasteiger partial charge in [-0.15, -0.1) is 0 Å². The van der Waals surface area contributed by atoms with Crippen LogP contribution < -0.4 is 5.32 Å². The van der Waals surface area contributed by atoms with Crippen molar-refractivity contribution in [2.24, 2.45) is 0 Å². The average Bonchev–Trinajstić information content (AvgIpc) is 2.39. The fourth-order valence-electron chi connectivity index (χ4n) is 1.84. The van der Waals surface area contributed by atoms with Gasteiger partial charge in [-0.1, -0.05) is 36.4 Å². The van der Waals surface area contributed by atoms with Crippen LogP contribution in [-0.4, -0.2) is 13.6 Å². The smallest absolute Gasteiger partial charge is 0.131 e. The van der Waals surface area contributed by atoms with E-state index in [-0.39, 0.29) is 5.82 Å². The molecule has 0 aliphatic heterocycles. The lowest BCUT2D eigenvalue weighted by Crippen LogP contribution is -2.10. The number of hydrogen-bond acceptors (Lipinski definition) is 1. The Bertz CT molecular complexity index is 480. The summed E-state index contributed by atoms with van der Waals surface area (Å²) < 4.78 is 13.8. The number of benzene rings is 2. The van der Waals surface area contributed by atoms with Crippen molar-refractivity contribution in [2.45, 2.75) is 6.42 Å². The third kappa shape index (κ3) is 2.92. The Labute approximate surface area is 101 Å². The molecule has 2 rings (SSSR count). The first kappa shape index (κ1) is 11.8. The van der Waals surface area contributed by atoms with Gasteiger partial charge in [0.25, 0.3) is 0 Å². The molecule has 0 radical (unpaired) electrons. The molecule has 0 fully saturated rings. The van der Waals surface area contributed by atoms with Crippen LogP contribution in [0.25, 0.3) is 11.1 Å². The highest BCUT2D eigenvalue weighted by molar-refractivity contribution is 5.64. The van der Waals surface area contributed by atoms with E-state index in [0.717, 1.165) is 24.1 Å². The summed E-state index contributed by atoms with van der Waals surface area (Å²) in [7, 11) is 1.92. The van der Waals surface area contributed by atoms with Crippen LogP contribution in [0.5, 0.6) is 0 Å². The lowest BCUT2D eigenvalue weighted by molar-refractivity contribution is 0.630. The molecule has 0 aliphatic carbocycles. The van der Waals surface area contributed by atoms with Crippen LogP contribution in [0.1, 0.15) is 5.56 Å². The van der Waals surface area contributed by atoms with Gasteiger partial charge in [0.05, 0.1) is 0 Å². The summed E-state index contributed by atoms with van der Waals surface area (Å²) in [5.41, 5.74) is 2.76. The minimum Gasteiger partial charge on any atom is -0.319 e. The van der Waals surface area contributed by atoms with Crippen LogP contribution in [0, 0.1) is 5.82 Å². The summed E-state index contributed by atoms with van der Waals surface area (Å²) in [4.78, 5) is 0. The van der Waals surface area contributed by atoms with Crippen molar-refractivity contribution in [3.8, 4) is 11.1 Å². The van der Waals surface area contributed by atoms with Crippen molar-refractivity contribution in [2.75, 3.05) is 13.6 Å². The van der Waals surface area contributed by atoms with Crippen LogP contribution in [-0.2, 0) is 6.42 Å². The molecule has 2 aromatic rings. The Kier molecular flexibility index (Phi) is 3.89. The minimum absolute atomic E-state index is 0.163. The average molecular weight is 229 g/mol. The van der Waals surface area contributed by atoms with Crippen molar-refractivity contribution in [3.05, 3.63) is 59.9 Å². The van der Waals surface area contributed by atoms with Crippen LogP contribution in [0.2, 0.25) is 0 Å². The number of halogens is 1. The summed E-state index contributed by atoms with van der Waals surface area (Å²) >= 11 is 0. The highest BCUT2D eigenvalue weighted by atomic mass is 19.1. The highest BCUT2D eigenvalue weighted by Gasteiger charge is 2.05. The van der Waals surface area contributed by atoms with Gasteiger partial charge in [0.2, 0.25) is 0 Å². The zero-order valence-corrected chi connectivity index (χ0v) is 9.91. The predicted octanol–water partition coefficient (Wildman–Crippen LogP) is 3.25. The standard InChI is InChI=1S/C15H16FN/c1-17-10-9-12-7-8-15(16)14(11-12)13-5-3-2-4-6-13/h2-8,11,17H,9-10H2,1H3. The van der Waals surface area contributed by atoms with Crippen LogP contribution in [0.3, 0.4) is 0 Å². The highest BCUT2D eigenvalue weighted by Crippen LogP contribution is 2.23. The van der Waals surface area contributed by atoms with Gasteiger partial charge in [0.1, 0.15) is 5.82 Å². The summed E-state index contributed by atoms with van der Waals surface area (Å²) in [5, 5.41) is 3.10. The molecular weight excluding hydrogens is 213 g/mol. The molecule has 2 aromatic carbocycles. The molecule has 0 spiro atoms. The summed E-state index contributed by atoms with van der Waals surface area (Å²) in [6.45, 7) is 0.903. The largest absolute Gasteiger partial charge is 0.319 e. The third-order valence-corrected chi connectivity index (χ3v) is 2.78. The Hall–Kier alpha value is -1.67. The Morgan fingerprint density at radius 1 is 1.06 bits per heavy atom. The Morgan fingerprint density at radius 2 is 1.82 bits per heavy atom. The van der Waals surface area contributed by atoms with Crippen molar-refractivity contribution < 1.29 is 4.39 Å². The monoisotopic (exact) mass is 229 g/mol. The molecule has 1 nitrogen and oxygen atoms in total. The second-order valence-corrected chi connectivity index (χ2v) is 4.03. The molecule has 2 heteroatoms. The molecule has 1 N–H and O–H groups in total. The van der Waals surface area contributed by atoms with E-state index >= 15 is 0 Å². The first-order valence-electron chi connectivity index (χ1n) is 5.79. The predicted molar refractivity (Wildman–Crippen MR) is 69.5 cm³/mol. The van der Waals surface area contributed by atoms with Crippen LogP contribution in [0.15, 0.2) is 48.5 Å². The maximum absolute atomic E-state index is 13.8. The number of likely N-dealkylation sites (N-methyl/N-ethyl adjacent to an activating group) is 1. The molecule has 0 saturated heterocycles. The van der Waals surface area contributed by atoms with E-state index in [1.807, 2.05) is 49.5 Å². The van der Waals surface area contributed by atoms with E-state index < -0.39 is 0 Å². The molecule has 0 heterocycles. The lowest BCUT2D eigenvalue weighted by Gasteiger charge is -2.07. The first-order chi connectivity index (χ1) is 8.31. The quantitative estimate of drug-likeness (QED) is 0.848. The minimum atomic E-state index is -0.163. The van der Waals surface area contributed by atoms with Crippen molar-refractivity contribution in [1.82, 2.24) is 5.32 Å². The maximum Gasteiger partial charge on any atom is 0.131 e. The maximum atomic E-state index is 13.8. The molecule has 0 bridgehead atoms. The molecule has 0 amide bonds. The molecule has 17 heavy (non-hydrogen) atoms. The number of rotatable bonds is 4. The van der Waals surface area contributed by atoms with Gasteiger partial charge in [-0.05, 0) is 43.3 Å². The SMILES string of the molecule is CNCCc1ccc(F)c(-c2ccccc2)c1. The van der Waals surface area contributed by atoms with E-state index in [1.165, 1.54) is 0 Å². The first-order valence-corrected chi connectivity index (χ1v) is 5.79. The van der Waals surface area contributed by atoms with Gasteiger partial charge < -0.3 is 5.32 Å². The van der Waals surface area contributed by atoms with Crippen molar-refractivity contribution in [3.63, 3.8) is 0 Å². The number of hydrogen-bond donors (Lipinski definition) is 1. The molecular formula is C15H16FN. The molecule has 88 valence electrons. The second kappa shape index (κ2) is 5.60. The van der Waals surface area contributed by atoms with E-state index in [2.05, 4.69) is 5.32 Å². The van der Waals surface area contributed by atoms with Gasteiger partial charge in [-0.3, -0.25) is 0 Å². The van der Waals surface area contributed by atoms with E-state index in [4.69, 9.17) is 0 Å². The molecule has 0 unspecified atom stereocenters. The zero-order chi connectivity index (χ0) is 12.1. The van der Waals surface area contributed by atoms with E-state index in [0.29, 0.717) is 5.56 Å². The second-order valence-electron chi connectivity index (χ2n) is 4.03. The summed E-state index contributed by atoms with van der Waals surface area (Å²) in [6, 6.07) is 15.0. The van der Waals surface area contributed by atoms with Gasteiger partial charge in [-0.2, -0.15) is 0 Å². The normalized spacial score (nSPS) is 10.5. The van der Waals surface area contributed by atoms with Gasteiger partial charge in [0, 0.05) is 5.56 Å². The number of nitrogens with one attached hydrogen (secondary N) is 1. The molecule has 0 aliphatic rings. The van der Waals surface area contributed by atoms with Crippen molar-refractivity contribution in [1.29, 1.82) is 0 Å². The Morgan fingerprint density at radius 3 is 2.53 bits per heavy atom. The van der Waals surface area contributed by atoms with E-state index in [9.17, 15) is 4.39 Å². The van der Waals surface area contributed by atoms with Gasteiger partial charge in [-0.25, -0.2) is 4.39 Å². The fourth-order valence-corrected chi connectivity index (χ4v) is 1.84. The fraction of sp³-hybridized carbons (Fsp3) is 0.200. The Balaban J connectivity index is 2.33. The lowest BCUT2D eigenvalue weighted by atomic mass is 10.0.